The molecule has 4 N–H and O–H groups in total. The van der Waals surface area contributed by atoms with Crippen LogP contribution in [0.4, 0.5) is 0 Å². The predicted molar refractivity (Wildman–Crippen MR) is 78.5 cm³/mol. The molecule has 0 aromatic carbocycles. The van der Waals surface area contributed by atoms with Crippen LogP contribution in [0.2, 0.25) is 0 Å². The molecule has 1 fully saturated rings. The van der Waals surface area contributed by atoms with E-state index in [1.165, 1.54) is 32.1 Å². The Hall–Kier alpha value is -0.200. The van der Waals surface area contributed by atoms with Crippen molar-refractivity contribution in [2.75, 3.05) is 19.7 Å². The molecule has 5 nitrogen and oxygen atoms in total. The van der Waals surface area contributed by atoms with Gasteiger partial charge < -0.3 is 20.4 Å². The number of rotatable bonds is 9. The number of hydrogen-bond acceptors (Lipinski definition) is 5. The van der Waals surface area contributed by atoms with E-state index < -0.39 is 24.4 Å². The Labute approximate surface area is 122 Å². The fourth-order valence-electron chi connectivity index (χ4n) is 2.91. The topological polar surface area (TPSA) is 84.2 Å². The van der Waals surface area contributed by atoms with E-state index in [4.69, 9.17) is 0 Å². The highest BCUT2D eigenvalue weighted by Gasteiger charge is 2.40. The van der Waals surface area contributed by atoms with E-state index in [0.717, 1.165) is 19.4 Å². The van der Waals surface area contributed by atoms with Crippen LogP contribution in [-0.4, -0.2) is 69.4 Å². The van der Waals surface area contributed by atoms with Gasteiger partial charge in [-0.25, -0.2) is 0 Å². The number of aliphatic hydroxyl groups is 4. The van der Waals surface area contributed by atoms with Crippen LogP contribution in [0.5, 0.6) is 0 Å². The van der Waals surface area contributed by atoms with Gasteiger partial charge in [-0.05, 0) is 13.0 Å². The highest BCUT2D eigenvalue weighted by atomic mass is 16.4. The van der Waals surface area contributed by atoms with Gasteiger partial charge in [0, 0.05) is 6.54 Å². The van der Waals surface area contributed by atoms with Gasteiger partial charge >= 0.3 is 0 Å². The molecule has 120 valence electrons. The minimum absolute atomic E-state index is 0.193. The lowest BCUT2D eigenvalue weighted by molar-refractivity contribution is -0.145. The second-order valence-corrected chi connectivity index (χ2v) is 5.91. The Balaban J connectivity index is 2.24. The number of aliphatic hydroxyl groups excluding tert-OH is 4. The van der Waals surface area contributed by atoms with Crippen molar-refractivity contribution in [2.24, 2.45) is 0 Å². The first-order valence-corrected chi connectivity index (χ1v) is 8.01. The molecule has 20 heavy (non-hydrogen) atoms. The number of β-amino-alcohol motifs (C(OH)–C–C–N with tert-alkyl or cyclic N) is 1. The minimum atomic E-state index is -1.16. The summed E-state index contributed by atoms with van der Waals surface area (Å²) in [5, 5.41) is 38.5. The molecule has 1 aliphatic heterocycles. The average molecular weight is 289 g/mol. The van der Waals surface area contributed by atoms with E-state index in [2.05, 4.69) is 6.92 Å². The summed E-state index contributed by atoms with van der Waals surface area (Å²) in [6.07, 6.45) is 5.29. The zero-order chi connectivity index (χ0) is 15.0. The highest BCUT2D eigenvalue weighted by molar-refractivity contribution is 4.93. The molecular weight excluding hydrogens is 258 g/mol. The van der Waals surface area contributed by atoms with Crippen molar-refractivity contribution in [3.8, 4) is 0 Å². The Morgan fingerprint density at radius 1 is 0.900 bits per heavy atom. The summed E-state index contributed by atoms with van der Waals surface area (Å²) in [6, 6.07) is -0.464. The van der Waals surface area contributed by atoms with E-state index in [1.54, 1.807) is 0 Å². The first-order chi connectivity index (χ1) is 9.61. The second kappa shape index (κ2) is 9.68. The maximum Gasteiger partial charge on any atom is 0.109 e. The van der Waals surface area contributed by atoms with Gasteiger partial charge in [-0.1, -0.05) is 45.4 Å². The average Bonchev–Trinajstić information content (AvgIpc) is 2.44. The Morgan fingerprint density at radius 3 is 2.10 bits per heavy atom. The van der Waals surface area contributed by atoms with Gasteiger partial charge in [0.25, 0.3) is 0 Å². The predicted octanol–water partition coefficient (Wildman–Crippen LogP) is 0.496. The molecule has 1 heterocycles. The lowest BCUT2D eigenvalue weighted by Gasteiger charge is -2.43. The minimum Gasteiger partial charge on any atom is -0.395 e. The SMILES string of the molecule is CCCCCCCCCN1C[C@@H](O)[C@@H](O)[C@@H](O)[C@@H]1CO. The van der Waals surface area contributed by atoms with E-state index in [-0.39, 0.29) is 6.61 Å². The number of likely N-dealkylation sites (tertiary alicyclic amines) is 1. The van der Waals surface area contributed by atoms with Crippen molar-refractivity contribution in [2.45, 2.75) is 76.2 Å². The van der Waals surface area contributed by atoms with Crippen LogP contribution in [0.1, 0.15) is 51.9 Å². The van der Waals surface area contributed by atoms with Crippen LogP contribution < -0.4 is 0 Å². The molecule has 0 aromatic heterocycles. The summed E-state index contributed by atoms with van der Waals surface area (Å²) in [7, 11) is 0. The maximum absolute atomic E-state index is 9.87. The van der Waals surface area contributed by atoms with Gasteiger partial charge in [-0.15, -0.1) is 0 Å². The zero-order valence-corrected chi connectivity index (χ0v) is 12.6. The maximum atomic E-state index is 9.87. The smallest absolute Gasteiger partial charge is 0.109 e. The molecule has 0 aromatic rings. The number of piperidine rings is 1. The summed E-state index contributed by atoms with van der Waals surface area (Å²) in [4.78, 5) is 1.90. The van der Waals surface area contributed by atoms with Crippen molar-refractivity contribution in [1.82, 2.24) is 4.90 Å². The standard InChI is InChI=1S/C15H31NO4/c1-2-3-4-5-6-7-8-9-16-10-13(18)15(20)14(19)12(16)11-17/h12-15,17-20H,2-11H2,1H3/t12-,13+,14-,15+/m0/s1. The summed E-state index contributed by atoms with van der Waals surface area (Å²) >= 11 is 0. The molecule has 0 aliphatic carbocycles. The summed E-state index contributed by atoms with van der Waals surface area (Å²) in [5.74, 6) is 0. The normalized spacial score (nSPS) is 31.6. The van der Waals surface area contributed by atoms with Gasteiger partial charge in [0.15, 0.2) is 0 Å². The van der Waals surface area contributed by atoms with Gasteiger partial charge in [0.2, 0.25) is 0 Å². The molecule has 0 radical (unpaired) electrons. The van der Waals surface area contributed by atoms with E-state index in [0.29, 0.717) is 6.54 Å². The van der Waals surface area contributed by atoms with E-state index in [9.17, 15) is 20.4 Å². The summed E-state index contributed by atoms with van der Waals surface area (Å²) in [5.41, 5.74) is 0. The quantitative estimate of drug-likeness (QED) is 0.465. The van der Waals surface area contributed by atoms with E-state index in [1.807, 2.05) is 4.90 Å². The van der Waals surface area contributed by atoms with Crippen molar-refractivity contribution < 1.29 is 20.4 Å². The van der Waals surface area contributed by atoms with Crippen molar-refractivity contribution >= 4 is 0 Å². The third-order valence-corrected chi connectivity index (χ3v) is 4.26. The summed E-state index contributed by atoms with van der Waals surface area (Å²) in [6.45, 7) is 3.08. The third kappa shape index (κ3) is 5.30. The molecule has 0 saturated carbocycles. The number of nitrogens with zero attached hydrogens (tertiary/aromatic N) is 1. The second-order valence-electron chi connectivity index (χ2n) is 5.91. The molecule has 1 rings (SSSR count). The highest BCUT2D eigenvalue weighted by Crippen LogP contribution is 2.19. The van der Waals surface area contributed by atoms with Crippen molar-refractivity contribution in [3.05, 3.63) is 0 Å². The van der Waals surface area contributed by atoms with Crippen molar-refractivity contribution in [3.63, 3.8) is 0 Å². The fraction of sp³-hybridized carbons (Fsp3) is 1.00. The largest absolute Gasteiger partial charge is 0.395 e. The van der Waals surface area contributed by atoms with Crippen LogP contribution in [0.3, 0.4) is 0 Å². The van der Waals surface area contributed by atoms with Gasteiger partial charge in [0.05, 0.1) is 18.8 Å². The fourth-order valence-corrected chi connectivity index (χ4v) is 2.91. The van der Waals surface area contributed by atoms with Gasteiger partial charge in [-0.3, -0.25) is 4.90 Å². The first kappa shape index (κ1) is 17.9. The molecule has 1 aliphatic rings. The number of unbranched alkanes of at least 4 members (excludes halogenated alkanes) is 6. The molecule has 0 spiro atoms. The van der Waals surface area contributed by atoms with Crippen molar-refractivity contribution in [1.29, 1.82) is 0 Å². The molecule has 4 atom stereocenters. The van der Waals surface area contributed by atoms with Gasteiger partial charge in [-0.2, -0.15) is 0 Å². The molecular formula is C15H31NO4. The van der Waals surface area contributed by atoms with E-state index >= 15 is 0 Å². The van der Waals surface area contributed by atoms with Crippen LogP contribution in [-0.2, 0) is 0 Å². The zero-order valence-electron chi connectivity index (χ0n) is 12.6. The molecule has 5 heteroatoms. The Kier molecular flexibility index (Phi) is 8.64. The third-order valence-electron chi connectivity index (χ3n) is 4.26. The molecule has 0 amide bonds. The monoisotopic (exact) mass is 289 g/mol. The molecule has 1 saturated heterocycles. The lowest BCUT2D eigenvalue weighted by atomic mass is 9.94. The Bertz CT molecular complexity index is 252. The molecule has 0 bridgehead atoms. The van der Waals surface area contributed by atoms with Crippen LogP contribution in [0.15, 0.2) is 0 Å². The first-order valence-electron chi connectivity index (χ1n) is 8.01. The number of hydrogen-bond donors (Lipinski definition) is 4. The van der Waals surface area contributed by atoms with Gasteiger partial charge in [0.1, 0.15) is 12.2 Å². The lowest BCUT2D eigenvalue weighted by Crippen LogP contribution is -2.62. The Morgan fingerprint density at radius 2 is 1.50 bits per heavy atom. The summed E-state index contributed by atoms with van der Waals surface area (Å²) < 4.78 is 0. The van der Waals surface area contributed by atoms with Crippen LogP contribution in [0, 0.1) is 0 Å². The van der Waals surface area contributed by atoms with Crippen LogP contribution >= 0.6 is 0 Å². The van der Waals surface area contributed by atoms with Crippen LogP contribution in [0.25, 0.3) is 0 Å². The molecule has 0 unspecified atom stereocenters.